The van der Waals surface area contributed by atoms with E-state index < -0.39 is 26.2 Å². The monoisotopic (exact) mass is 533 g/mol. The largest absolute Gasteiger partial charge is 1.00 e. The Hall–Kier alpha value is -0.0400. The van der Waals surface area contributed by atoms with Crippen LogP contribution in [0.3, 0.4) is 0 Å². The number of nitrogens with zero attached hydrogens (tertiary/aromatic N) is 3. The first-order valence-electron chi connectivity index (χ1n) is 8.19. The Labute approximate surface area is 240 Å². The van der Waals surface area contributed by atoms with Gasteiger partial charge in [0.05, 0.1) is 14.4 Å². The molecule has 1 amide bonds. The van der Waals surface area contributed by atoms with E-state index >= 15 is 0 Å². The first kappa shape index (κ1) is 30.0. The predicted octanol–water partition coefficient (Wildman–Crippen LogP) is -4.38. The molecule has 0 saturated heterocycles. The van der Waals surface area contributed by atoms with Crippen LogP contribution in [0, 0.1) is 0 Å². The van der Waals surface area contributed by atoms with E-state index in [9.17, 15) is 23.9 Å². The smallest absolute Gasteiger partial charge is 0.790 e. The fourth-order valence-electron chi connectivity index (χ4n) is 2.32. The molecule has 1 heterocycles. The Bertz CT molecular complexity index is 1240. The summed E-state index contributed by atoms with van der Waals surface area (Å²) in [5, 5.41) is 0.946. The Morgan fingerprint density at radius 2 is 1.56 bits per heavy atom. The molecule has 3 rings (SSSR count). The van der Waals surface area contributed by atoms with E-state index in [0.29, 0.717) is 10.0 Å². The average Bonchev–Trinajstić information content (AvgIpc) is 2.96. The Morgan fingerprint density at radius 1 is 1.03 bits per heavy atom. The second kappa shape index (κ2) is 13.2. The number of carbonyl (C=O) groups is 1. The summed E-state index contributed by atoms with van der Waals surface area (Å²) in [5.41, 5.74) is 0.228. The average molecular weight is 534 g/mol. The molecule has 9 nitrogen and oxygen atoms in total. The number of phosphoric ester groups is 1. The maximum Gasteiger partial charge on any atom is 1.00 e. The van der Waals surface area contributed by atoms with E-state index in [1.165, 1.54) is 28.2 Å². The molecule has 2 aromatic carbocycles. The maximum atomic E-state index is 12.7. The number of phosphoric acid groups is 1. The number of carbonyl (C=O) groups excluding carboxylic acids is 1. The summed E-state index contributed by atoms with van der Waals surface area (Å²) in [7, 11) is -5.35. The van der Waals surface area contributed by atoms with Crippen LogP contribution >= 0.6 is 42.6 Å². The van der Waals surface area contributed by atoms with Crippen LogP contribution in [0.25, 0.3) is 0 Å². The number of rotatable bonds is 6. The van der Waals surface area contributed by atoms with Gasteiger partial charge in [0.15, 0.2) is 0 Å². The molecule has 0 aliphatic heterocycles. The summed E-state index contributed by atoms with van der Waals surface area (Å²) < 4.78 is 17.1. The van der Waals surface area contributed by atoms with Crippen LogP contribution in [0.5, 0.6) is 0 Å². The van der Waals surface area contributed by atoms with Gasteiger partial charge >= 0.3 is 64.8 Å². The van der Waals surface area contributed by atoms with Crippen LogP contribution in [-0.4, -0.2) is 14.4 Å². The third kappa shape index (κ3) is 8.63. The van der Waals surface area contributed by atoms with Crippen molar-refractivity contribution in [3.05, 3.63) is 85.0 Å². The molecule has 1 aromatic heterocycles. The van der Waals surface area contributed by atoms with Gasteiger partial charge in [-0.3, -0.25) is 4.79 Å². The van der Waals surface area contributed by atoms with Crippen molar-refractivity contribution >= 4 is 48.5 Å². The van der Waals surface area contributed by atoms with E-state index in [2.05, 4.69) is 9.52 Å². The molecule has 0 radical (unpaired) electrons. The molecule has 0 N–H and O–H groups in total. The number of aromatic nitrogens is 2. The van der Waals surface area contributed by atoms with Gasteiger partial charge in [-0.25, -0.2) is 13.3 Å². The van der Waals surface area contributed by atoms with Crippen LogP contribution in [0.15, 0.2) is 58.3 Å². The maximum absolute atomic E-state index is 12.7. The zero-order valence-corrected chi connectivity index (χ0v) is 24.2. The number of hydrogen-bond acceptors (Lipinski definition) is 7. The molecule has 0 spiro atoms. The number of hydrogen-bond donors (Lipinski definition) is 0. The molecule has 3 aromatic rings. The first-order chi connectivity index (χ1) is 14.1. The van der Waals surface area contributed by atoms with Crippen LogP contribution in [0.4, 0.5) is 0 Å². The van der Waals surface area contributed by atoms with Gasteiger partial charge in [0.1, 0.15) is 6.73 Å². The Morgan fingerprint density at radius 3 is 2.09 bits per heavy atom. The van der Waals surface area contributed by atoms with E-state index in [0.717, 1.165) is 21.7 Å². The molecule has 0 saturated carbocycles. The topological polar surface area (TPSA) is 129 Å². The van der Waals surface area contributed by atoms with Gasteiger partial charge in [0.2, 0.25) is 4.80 Å². The van der Waals surface area contributed by atoms with Crippen LogP contribution < -0.4 is 79.4 Å². The predicted molar refractivity (Wildman–Crippen MR) is 107 cm³/mol. The van der Waals surface area contributed by atoms with Crippen LogP contribution in [0.2, 0.25) is 10.0 Å². The second-order valence-corrected chi connectivity index (χ2v) is 8.89. The van der Waals surface area contributed by atoms with Gasteiger partial charge in [-0.15, -0.1) is 0 Å². The van der Waals surface area contributed by atoms with Crippen LogP contribution in [0.1, 0.15) is 15.9 Å². The van der Waals surface area contributed by atoms with Gasteiger partial charge in [0, 0.05) is 15.6 Å². The third-order valence-electron chi connectivity index (χ3n) is 3.74. The van der Waals surface area contributed by atoms with Gasteiger partial charge in [-0.2, -0.15) is 4.99 Å². The third-order valence-corrected chi connectivity index (χ3v) is 5.66. The fraction of sp³-hybridized carbons (Fsp3) is 0.118. The standard InChI is InChI=1S/C17H14Cl2N3O6PS.2Na/c18-13-5-1-11(2-6-13)9-22-17(24)21(10-28-29(25,26)27)16(30-22)20-15(23)12-3-7-14(19)8-4-12;;/h1-8H,9-10H2,(H2,25,26,27);;/q;2*+1/p-2/b20-16-;;. The molecule has 0 fully saturated rings. The first-order valence-corrected chi connectivity index (χ1v) is 11.2. The molecule has 32 heavy (non-hydrogen) atoms. The van der Waals surface area contributed by atoms with Crippen molar-refractivity contribution in [2.75, 3.05) is 0 Å². The van der Waals surface area contributed by atoms with Gasteiger partial charge in [0.25, 0.3) is 5.91 Å². The van der Waals surface area contributed by atoms with Crippen molar-refractivity contribution in [2.24, 2.45) is 4.99 Å². The Kier molecular flexibility index (Phi) is 12.3. The van der Waals surface area contributed by atoms with E-state index in [1.807, 2.05) is 0 Å². The quantitative estimate of drug-likeness (QED) is 0.232. The molecular weight excluding hydrogens is 522 g/mol. The van der Waals surface area contributed by atoms with Crippen molar-refractivity contribution < 1.29 is 82.8 Å². The molecular formula is C17H12Cl2N3Na2O6PS. The molecule has 15 heteroatoms. The van der Waals surface area contributed by atoms with Gasteiger partial charge in [-0.1, -0.05) is 35.3 Å². The minimum Gasteiger partial charge on any atom is -0.790 e. The van der Waals surface area contributed by atoms with E-state index in [4.69, 9.17) is 23.2 Å². The van der Waals surface area contributed by atoms with Crippen molar-refractivity contribution in [2.45, 2.75) is 13.3 Å². The molecule has 158 valence electrons. The Balaban J connectivity index is 0.00000256. The van der Waals surface area contributed by atoms with Crippen molar-refractivity contribution in [3.8, 4) is 0 Å². The van der Waals surface area contributed by atoms with E-state index in [1.54, 1.807) is 24.3 Å². The summed E-state index contributed by atoms with van der Waals surface area (Å²) >= 11 is 12.5. The van der Waals surface area contributed by atoms with Gasteiger partial charge in [-0.05, 0) is 53.5 Å². The summed E-state index contributed by atoms with van der Waals surface area (Å²) in [6.07, 6.45) is 0. The second-order valence-electron chi connectivity index (χ2n) is 5.88. The number of amides is 1. The van der Waals surface area contributed by atoms with Crippen molar-refractivity contribution in [1.82, 2.24) is 8.52 Å². The minimum atomic E-state index is -5.35. The normalized spacial score (nSPS) is 11.6. The molecule has 0 atom stereocenters. The number of halogens is 2. The van der Waals surface area contributed by atoms with Crippen LogP contribution in [-0.2, 0) is 22.4 Å². The molecule has 0 unspecified atom stereocenters. The minimum absolute atomic E-state index is 0. The SMILES string of the molecule is O=C(/N=c1\sn(Cc2ccc(Cl)cc2)c(=O)n1COP(=O)([O-])[O-])c1ccc(Cl)cc1.[Na+].[Na+]. The summed E-state index contributed by atoms with van der Waals surface area (Å²) in [6.45, 7) is -0.794. The molecule has 0 aliphatic rings. The summed E-state index contributed by atoms with van der Waals surface area (Å²) in [6, 6.07) is 12.6. The zero-order chi connectivity index (χ0) is 21.9. The summed E-state index contributed by atoms with van der Waals surface area (Å²) in [4.78, 5) is 50.5. The van der Waals surface area contributed by atoms with E-state index in [-0.39, 0.29) is 76.0 Å². The van der Waals surface area contributed by atoms with Crippen molar-refractivity contribution in [1.29, 1.82) is 0 Å². The summed E-state index contributed by atoms with van der Waals surface area (Å²) in [5.74, 6) is -0.687. The molecule has 0 bridgehead atoms. The fourth-order valence-corrected chi connectivity index (χ4v) is 3.77. The molecule has 0 aliphatic carbocycles. The number of benzene rings is 2. The van der Waals surface area contributed by atoms with Gasteiger partial charge < -0.3 is 18.9 Å². The van der Waals surface area contributed by atoms with Crippen molar-refractivity contribution in [3.63, 3.8) is 0 Å². The zero-order valence-electron chi connectivity index (χ0n) is 16.9.